The molecule has 6 atom stereocenters. The van der Waals surface area contributed by atoms with Crippen molar-refractivity contribution in [3.05, 3.63) is 35.9 Å². The lowest BCUT2D eigenvalue weighted by atomic mass is 9.44. The van der Waals surface area contributed by atoms with Crippen LogP contribution >= 0.6 is 0 Å². The van der Waals surface area contributed by atoms with Crippen molar-refractivity contribution in [2.75, 3.05) is 13.2 Å². The van der Waals surface area contributed by atoms with E-state index in [1.807, 2.05) is 19.9 Å². The fourth-order valence-corrected chi connectivity index (χ4v) is 6.16. The molecule has 0 aromatic heterocycles. The van der Waals surface area contributed by atoms with Crippen molar-refractivity contribution in [2.24, 2.45) is 22.7 Å². The number of fused-ring (bicyclic) bond motifs is 3. The molecule has 0 radical (unpaired) electrons. The van der Waals surface area contributed by atoms with Gasteiger partial charge in [0.1, 0.15) is 18.3 Å². The van der Waals surface area contributed by atoms with E-state index in [0.29, 0.717) is 12.0 Å². The molecule has 3 fully saturated rings. The van der Waals surface area contributed by atoms with Crippen LogP contribution in [-0.2, 0) is 14.3 Å². The number of cyclic esters (lactones) is 1. The monoisotopic (exact) mass is 388 g/mol. The normalized spacial score (nSPS) is 42.3. The minimum Gasteiger partial charge on any atom is -0.462 e. The number of carbonyl (C=O) groups excluding carboxylic acids is 2. The van der Waals surface area contributed by atoms with Gasteiger partial charge in [0, 0.05) is 24.4 Å². The number of carbonyl (C=O) groups is 2. The molecule has 152 valence electrons. The average molecular weight is 388 g/mol. The number of ether oxygens (including phenoxy) is 2. The van der Waals surface area contributed by atoms with E-state index in [1.54, 1.807) is 24.3 Å². The average Bonchev–Trinajstić information content (AvgIpc) is 2.98. The molecule has 0 unspecified atom stereocenters. The molecule has 1 heterocycles. The highest BCUT2D eigenvalue weighted by Crippen LogP contribution is 2.64. The molecule has 6 nitrogen and oxygen atoms in total. The third-order valence-corrected chi connectivity index (χ3v) is 7.63. The summed E-state index contributed by atoms with van der Waals surface area (Å²) < 4.78 is 11.2. The summed E-state index contributed by atoms with van der Waals surface area (Å²) in [7, 11) is 0. The van der Waals surface area contributed by atoms with Gasteiger partial charge < -0.3 is 19.7 Å². The van der Waals surface area contributed by atoms with Crippen molar-refractivity contribution >= 4 is 11.9 Å². The third-order valence-electron chi connectivity index (χ3n) is 7.63. The predicted molar refractivity (Wildman–Crippen MR) is 100 cm³/mol. The maximum atomic E-state index is 12.8. The first-order valence-corrected chi connectivity index (χ1v) is 10.0. The van der Waals surface area contributed by atoms with Gasteiger partial charge in [-0.1, -0.05) is 38.5 Å². The second-order valence-corrected chi connectivity index (χ2v) is 9.19. The van der Waals surface area contributed by atoms with Gasteiger partial charge in [-0.05, 0) is 30.4 Å². The highest BCUT2D eigenvalue weighted by atomic mass is 16.6. The van der Waals surface area contributed by atoms with Gasteiger partial charge in [0.2, 0.25) is 0 Å². The predicted octanol–water partition coefficient (Wildman–Crippen LogP) is 2.32. The largest absolute Gasteiger partial charge is 0.462 e. The van der Waals surface area contributed by atoms with Crippen LogP contribution in [0, 0.1) is 22.7 Å². The Morgan fingerprint density at radius 3 is 2.64 bits per heavy atom. The summed E-state index contributed by atoms with van der Waals surface area (Å²) in [5.74, 6) is -1.87. The van der Waals surface area contributed by atoms with Gasteiger partial charge in [-0.25, -0.2) is 4.79 Å². The van der Waals surface area contributed by atoms with Crippen LogP contribution in [0.2, 0.25) is 0 Å². The standard InChI is InChI=1S/C22H28O6/c1-20(12-23)9-6-10-21(2)17(20)16(11-15-19(25)27-13-22(15,21)26)28-18(24)14-7-4-3-5-8-14/h3-5,7-8,15-17,23,26H,6,9-13H2,1-2H3/t15-,16+,17+,20+,21-,22+/m0/s1. The van der Waals surface area contributed by atoms with E-state index in [0.717, 1.165) is 12.8 Å². The van der Waals surface area contributed by atoms with Gasteiger partial charge in [0.05, 0.1) is 11.5 Å². The van der Waals surface area contributed by atoms with Crippen LogP contribution in [0.5, 0.6) is 0 Å². The molecule has 2 aliphatic carbocycles. The summed E-state index contributed by atoms with van der Waals surface area (Å²) in [4.78, 5) is 25.2. The number of hydrogen-bond donors (Lipinski definition) is 2. The van der Waals surface area contributed by atoms with Crippen molar-refractivity contribution in [1.82, 2.24) is 0 Å². The van der Waals surface area contributed by atoms with E-state index in [9.17, 15) is 19.8 Å². The van der Waals surface area contributed by atoms with Crippen molar-refractivity contribution < 1.29 is 29.3 Å². The van der Waals surface area contributed by atoms with Crippen LogP contribution in [0.4, 0.5) is 0 Å². The molecule has 1 aromatic carbocycles. The summed E-state index contributed by atoms with van der Waals surface area (Å²) in [5, 5.41) is 21.8. The Morgan fingerprint density at radius 1 is 1.25 bits per heavy atom. The summed E-state index contributed by atoms with van der Waals surface area (Å²) in [6.45, 7) is 3.84. The summed E-state index contributed by atoms with van der Waals surface area (Å²) in [6.07, 6.45) is 1.93. The lowest BCUT2D eigenvalue weighted by Gasteiger charge is -2.62. The number of rotatable bonds is 3. The molecule has 2 N–H and O–H groups in total. The Balaban J connectivity index is 1.74. The topological polar surface area (TPSA) is 93.1 Å². The molecule has 0 spiro atoms. The second kappa shape index (κ2) is 6.56. The molecule has 3 aliphatic rings. The SMILES string of the molecule is C[C@]1(CO)CCC[C@@]2(C)[C@@H]1[C@H](OC(=O)c1ccccc1)C[C@H]1C(=O)OC[C@@]12O. The Labute approximate surface area is 164 Å². The van der Waals surface area contributed by atoms with Gasteiger partial charge >= 0.3 is 11.9 Å². The lowest BCUT2D eigenvalue weighted by molar-refractivity contribution is -0.238. The van der Waals surface area contributed by atoms with Crippen molar-refractivity contribution in [1.29, 1.82) is 0 Å². The Morgan fingerprint density at radius 2 is 1.96 bits per heavy atom. The number of aliphatic hydroxyl groups excluding tert-OH is 1. The summed E-state index contributed by atoms with van der Waals surface area (Å²) in [6, 6.07) is 8.75. The van der Waals surface area contributed by atoms with Gasteiger partial charge in [-0.2, -0.15) is 0 Å². The van der Waals surface area contributed by atoms with Gasteiger partial charge in [-0.15, -0.1) is 0 Å². The Bertz CT molecular complexity index is 778. The number of hydrogen-bond acceptors (Lipinski definition) is 6. The summed E-state index contributed by atoms with van der Waals surface area (Å²) in [5.41, 5.74) is -2.07. The number of aliphatic hydroxyl groups is 2. The molecule has 1 aliphatic heterocycles. The quantitative estimate of drug-likeness (QED) is 0.772. The molecule has 28 heavy (non-hydrogen) atoms. The summed E-state index contributed by atoms with van der Waals surface area (Å²) >= 11 is 0. The molecule has 4 rings (SSSR count). The lowest BCUT2D eigenvalue weighted by Crippen LogP contribution is -2.68. The minimum atomic E-state index is -1.30. The molecule has 1 aromatic rings. The third kappa shape index (κ3) is 2.61. The fourth-order valence-electron chi connectivity index (χ4n) is 6.16. The number of benzene rings is 1. The maximum Gasteiger partial charge on any atom is 0.338 e. The van der Waals surface area contributed by atoms with Gasteiger partial charge in [0.25, 0.3) is 0 Å². The molecule has 2 saturated carbocycles. The molecule has 0 bridgehead atoms. The van der Waals surface area contributed by atoms with Crippen LogP contribution in [0.3, 0.4) is 0 Å². The fraction of sp³-hybridized carbons (Fsp3) is 0.636. The number of esters is 2. The molecular weight excluding hydrogens is 360 g/mol. The Kier molecular flexibility index (Phi) is 4.55. The smallest absolute Gasteiger partial charge is 0.338 e. The molecule has 0 amide bonds. The zero-order chi connectivity index (χ0) is 20.2. The molecule has 6 heteroatoms. The first-order chi connectivity index (χ1) is 13.2. The van der Waals surface area contributed by atoms with E-state index in [4.69, 9.17) is 9.47 Å². The van der Waals surface area contributed by atoms with E-state index in [2.05, 4.69) is 0 Å². The van der Waals surface area contributed by atoms with E-state index < -0.39 is 40.4 Å². The van der Waals surface area contributed by atoms with Crippen LogP contribution in [-0.4, -0.2) is 47.1 Å². The molecule has 1 saturated heterocycles. The zero-order valence-electron chi connectivity index (χ0n) is 16.4. The second-order valence-electron chi connectivity index (χ2n) is 9.19. The maximum absolute atomic E-state index is 12.8. The zero-order valence-corrected chi connectivity index (χ0v) is 16.4. The van der Waals surface area contributed by atoms with E-state index in [-0.39, 0.29) is 25.6 Å². The van der Waals surface area contributed by atoms with Crippen LogP contribution < -0.4 is 0 Å². The van der Waals surface area contributed by atoms with E-state index in [1.165, 1.54) is 0 Å². The highest BCUT2D eigenvalue weighted by molar-refractivity contribution is 5.89. The highest BCUT2D eigenvalue weighted by Gasteiger charge is 2.71. The van der Waals surface area contributed by atoms with Gasteiger partial charge in [-0.3, -0.25) is 4.79 Å². The Hall–Kier alpha value is -1.92. The van der Waals surface area contributed by atoms with Gasteiger partial charge in [0.15, 0.2) is 0 Å². The first kappa shape index (κ1) is 19.4. The van der Waals surface area contributed by atoms with Crippen molar-refractivity contribution in [3.8, 4) is 0 Å². The first-order valence-electron chi connectivity index (χ1n) is 10.0. The minimum absolute atomic E-state index is 0.0373. The van der Waals surface area contributed by atoms with E-state index >= 15 is 0 Å². The van der Waals surface area contributed by atoms with Crippen LogP contribution in [0.15, 0.2) is 30.3 Å². The van der Waals surface area contributed by atoms with Crippen LogP contribution in [0.25, 0.3) is 0 Å². The van der Waals surface area contributed by atoms with Crippen molar-refractivity contribution in [3.63, 3.8) is 0 Å². The van der Waals surface area contributed by atoms with Crippen molar-refractivity contribution in [2.45, 2.75) is 51.2 Å². The molecular formula is C22H28O6. The van der Waals surface area contributed by atoms with Crippen LogP contribution in [0.1, 0.15) is 49.9 Å².